The molecular weight excluding hydrogens is 345 g/mol. The van der Waals surface area contributed by atoms with E-state index >= 15 is 0 Å². The van der Waals surface area contributed by atoms with E-state index in [0.717, 1.165) is 17.9 Å². The maximum Gasteiger partial charge on any atom is 0.244 e. The molecule has 0 N–H and O–H groups in total. The van der Waals surface area contributed by atoms with Gasteiger partial charge in [-0.3, -0.25) is 4.90 Å². The van der Waals surface area contributed by atoms with Gasteiger partial charge >= 0.3 is 0 Å². The van der Waals surface area contributed by atoms with Crippen molar-refractivity contribution < 1.29 is 13.7 Å². The molecule has 3 aromatic rings. The van der Waals surface area contributed by atoms with Crippen LogP contribution in [-0.4, -0.2) is 28.7 Å². The van der Waals surface area contributed by atoms with Crippen molar-refractivity contribution in [1.82, 2.24) is 15.0 Å². The third-order valence-corrected chi connectivity index (χ3v) is 4.56. The lowest BCUT2D eigenvalue weighted by atomic mass is 10.1. The normalized spacial score (nSPS) is 12.4. The van der Waals surface area contributed by atoms with Crippen molar-refractivity contribution in [2.75, 3.05) is 13.7 Å². The van der Waals surface area contributed by atoms with Gasteiger partial charge in [0.25, 0.3) is 0 Å². The van der Waals surface area contributed by atoms with Gasteiger partial charge in [-0.2, -0.15) is 4.98 Å². The van der Waals surface area contributed by atoms with Gasteiger partial charge < -0.3 is 9.26 Å². The van der Waals surface area contributed by atoms with Crippen LogP contribution in [0, 0.1) is 12.7 Å². The van der Waals surface area contributed by atoms with E-state index in [1.807, 2.05) is 45.2 Å². The molecule has 0 saturated heterocycles. The fraction of sp³-hybridized carbons (Fsp3) is 0.333. The molecule has 142 valence electrons. The van der Waals surface area contributed by atoms with Crippen molar-refractivity contribution in [2.24, 2.45) is 0 Å². The summed E-state index contributed by atoms with van der Waals surface area (Å²) in [4.78, 5) is 6.56. The Labute approximate surface area is 158 Å². The molecule has 0 saturated carbocycles. The minimum Gasteiger partial charge on any atom is -0.494 e. The van der Waals surface area contributed by atoms with E-state index in [1.54, 1.807) is 19.1 Å². The summed E-state index contributed by atoms with van der Waals surface area (Å²) in [6, 6.07) is 12.9. The maximum absolute atomic E-state index is 13.8. The van der Waals surface area contributed by atoms with Crippen molar-refractivity contribution in [2.45, 2.75) is 33.4 Å². The lowest BCUT2D eigenvalue weighted by molar-refractivity contribution is 0.202. The van der Waals surface area contributed by atoms with Gasteiger partial charge in [-0.1, -0.05) is 29.4 Å². The Hall–Kier alpha value is -2.73. The molecule has 2 aromatic carbocycles. The molecule has 0 spiro atoms. The number of benzene rings is 2. The van der Waals surface area contributed by atoms with Gasteiger partial charge in [0.15, 0.2) is 0 Å². The standard InChI is InChI=1S/C21H24FN3O2/c1-5-26-18-10-7-16(8-11-18)13-25(4)15(3)21-23-20(24-27-21)17-9-6-14(2)19(22)12-17/h6-12,15H,5,13H2,1-4H3. The van der Waals surface area contributed by atoms with Gasteiger partial charge in [-0.25, -0.2) is 4.39 Å². The second kappa shape index (κ2) is 8.31. The first-order chi connectivity index (χ1) is 13.0. The first-order valence-corrected chi connectivity index (χ1v) is 9.00. The molecular formula is C21H24FN3O2. The van der Waals surface area contributed by atoms with Crippen LogP contribution in [0.4, 0.5) is 4.39 Å². The third-order valence-electron chi connectivity index (χ3n) is 4.56. The topological polar surface area (TPSA) is 51.4 Å². The lowest BCUT2D eigenvalue weighted by Gasteiger charge is -2.21. The van der Waals surface area contributed by atoms with E-state index in [-0.39, 0.29) is 11.9 Å². The largest absolute Gasteiger partial charge is 0.494 e. The van der Waals surface area contributed by atoms with Crippen LogP contribution in [0.15, 0.2) is 47.0 Å². The van der Waals surface area contributed by atoms with Crippen LogP contribution in [0.25, 0.3) is 11.4 Å². The summed E-state index contributed by atoms with van der Waals surface area (Å²) in [6.07, 6.45) is 0. The summed E-state index contributed by atoms with van der Waals surface area (Å²) in [6.45, 7) is 7.07. The highest BCUT2D eigenvalue weighted by molar-refractivity contribution is 5.55. The van der Waals surface area contributed by atoms with E-state index in [4.69, 9.17) is 9.26 Å². The van der Waals surface area contributed by atoms with E-state index in [2.05, 4.69) is 15.0 Å². The molecule has 0 radical (unpaired) electrons. The van der Waals surface area contributed by atoms with Crippen LogP contribution in [0.1, 0.15) is 36.9 Å². The monoisotopic (exact) mass is 369 g/mol. The van der Waals surface area contributed by atoms with Crippen LogP contribution in [-0.2, 0) is 6.54 Å². The molecule has 1 atom stereocenters. The second-order valence-corrected chi connectivity index (χ2v) is 6.59. The van der Waals surface area contributed by atoms with Crippen LogP contribution in [0.3, 0.4) is 0 Å². The summed E-state index contributed by atoms with van der Waals surface area (Å²) in [5.41, 5.74) is 2.36. The Kier molecular flexibility index (Phi) is 5.86. The number of ether oxygens (including phenoxy) is 1. The fourth-order valence-electron chi connectivity index (χ4n) is 2.73. The number of aromatic nitrogens is 2. The minimum absolute atomic E-state index is 0.0758. The van der Waals surface area contributed by atoms with E-state index in [9.17, 15) is 4.39 Å². The van der Waals surface area contributed by atoms with Crippen molar-refractivity contribution in [3.63, 3.8) is 0 Å². The van der Waals surface area contributed by atoms with Gasteiger partial charge in [-0.05, 0) is 57.1 Å². The predicted octanol–water partition coefficient (Wildman–Crippen LogP) is 4.78. The zero-order valence-electron chi connectivity index (χ0n) is 16.1. The molecule has 3 rings (SSSR count). The highest BCUT2D eigenvalue weighted by Gasteiger charge is 2.20. The molecule has 0 bridgehead atoms. The van der Waals surface area contributed by atoms with Gasteiger partial charge in [0.1, 0.15) is 11.6 Å². The van der Waals surface area contributed by atoms with E-state index < -0.39 is 0 Å². The quantitative estimate of drug-likeness (QED) is 0.600. The SMILES string of the molecule is CCOc1ccc(CN(C)C(C)c2nc(-c3ccc(C)c(F)c3)no2)cc1. The Morgan fingerprint density at radius 1 is 1.19 bits per heavy atom. The molecule has 1 unspecified atom stereocenters. The van der Waals surface area contributed by atoms with E-state index in [0.29, 0.717) is 29.4 Å². The summed E-state index contributed by atoms with van der Waals surface area (Å²) in [5, 5.41) is 4.00. The highest BCUT2D eigenvalue weighted by Crippen LogP contribution is 2.24. The minimum atomic E-state index is -0.278. The summed E-state index contributed by atoms with van der Waals surface area (Å²) in [7, 11) is 2.00. The lowest BCUT2D eigenvalue weighted by Crippen LogP contribution is -2.22. The molecule has 0 aliphatic rings. The molecule has 27 heavy (non-hydrogen) atoms. The van der Waals surface area contributed by atoms with Gasteiger partial charge in [0.2, 0.25) is 11.7 Å². The molecule has 1 aromatic heterocycles. The number of hydrogen-bond acceptors (Lipinski definition) is 5. The van der Waals surface area contributed by atoms with Gasteiger partial charge in [0.05, 0.1) is 12.6 Å². The summed E-state index contributed by atoms with van der Waals surface area (Å²) < 4.78 is 24.7. The predicted molar refractivity (Wildman–Crippen MR) is 102 cm³/mol. The zero-order chi connectivity index (χ0) is 19.4. The molecule has 0 aliphatic heterocycles. The smallest absolute Gasteiger partial charge is 0.244 e. The summed E-state index contributed by atoms with van der Waals surface area (Å²) >= 11 is 0. The molecule has 0 amide bonds. The molecule has 1 heterocycles. The van der Waals surface area contributed by atoms with Crippen LogP contribution < -0.4 is 4.74 Å². The Morgan fingerprint density at radius 2 is 1.93 bits per heavy atom. The first-order valence-electron chi connectivity index (χ1n) is 9.00. The highest BCUT2D eigenvalue weighted by atomic mass is 19.1. The zero-order valence-corrected chi connectivity index (χ0v) is 16.1. The van der Waals surface area contributed by atoms with Crippen LogP contribution in [0.5, 0.6) is 5.75 Å². The number of nitrogens with zero attached hydrogens (tertiary/aromatic N) is 3. The second-order valence-electron chi connectivity index (χ2n) is 6.59. The van der Waals surface area contributed by atoms with Crippen molar-refractivity contribution in [1.29, 1.82) is 0 Å². The molecule has 5 nitrogen and oxygen atoms in total. The Balaban J connectivity index is 1.69. The first kappa shape index (κ1) is 19.0. The molecule has 0 aliphatic carbocycles. The maximum atomic E-state index is 13.8. The van der Waals surface area contributed by atoms with Gasteiger partial charge in [-0.15, -0.1) is 0 Å². The number of aryl methyl sites for hydroxylation is 1. The van der Waals surface area contributed by atoms with Crippen molar-refractivity contribution in [3.8, 4) is 17.1 Å². The molecule has 0 fully saturated rings. The van der Waals surface area contributed by atoms with Gasteiger partial charge in [0, 0.05) is 12.1 Å². The Morgan fingerprint density at radius 3 is 2.59 bits per heavy atom. The third kappa shape index (κ3) is 4.52. The number of rotatable bonds is 7. The van der Waals surface area contributed by atoms with Crippen LogP contribution in [0.2, 0.25) is 0 Å². The average molecular weight is 369 g/mol. The fourth-order valence-corrected chi connectivity index (χ4v) is 2.73. The Bertz CT molecular complexity index is 893. The van der Waals surface area contributed by atoms with Crippen LogP contribution >= 0.6 is 0 Å². The van der Waals surface area contributed by atoms with E-state index in [1.165, 1.54) is 6.07 Å². The molecule has 6 heteroatoms. The van der Waals surface area contributed by atoms with Crippen molar-refractivity contribution in [3.05, 3.63) is 65.3 Å². The summed E-state index contributed by atoms with van der Waals surface area (Å²) in [5.74, 6) is 1.48. The average Bonchev–Trinajstić information content (AvgIpc) is 3.15. The number of hydrogen-bond donors (Lipinski definition) is 0. The number of halogens is 1. The van der Waals surface area contributed by atoms with Crippen molar-refractivity contribution >= 4 is 0 Å².